The molecule has 1 fully saturated rings. The average molecular weight is 375 g/mol. The van der Waals surface area contributed by atoms with Crippen LogP contribution >= 0.6 is 0 Å². The number of pyridine rings is 1. The zero-order chi connectivity index (χ0) is 19.7. The summed E-state index contributed by atoms with van der Waals surface area (Å²) in [5.41, 5.74) is 2.97. The van der Waals surface area contributed by atoms with E-state index in [0.717, 1.165) is 31.2 Å². The van der Waals surface area contributed by atoms with Crippen LogP contribution in [0, 0.1) is 6.92 Å². The van der Waals surface area contributed by atoms with Gasteiger partial charge in [-0.1, -0.05) is 35.9 Å². The van der Waals surface area contributed by atoms with Crippen LogP contribution in [-0.2, 0) is 7.05 Å². The van der Waals surface area contributed by atoms with Gasteiger partial charge >= 0.3 is 6.03 Å². The molecule has 1 unspecified atom stereocenters. The van der Waals surface area contributed by atoms with Gasteiger partial charge in [0, 0.05) is 30.9 Å². The fourth-order valence-corrected chi connectivity index (χ4v) is 3.92. The molecule has 0 spiro atoms. The number of carbonyl (C=O) groups excluding carboxylic acids is 1. The number of urea groups is 1. The largest absolute Gasteiger partial charge is 0.322 e. The van der Waals surface area contributed by atoms with Crippen LogP contribution in [-0.4, -0.2) is 22.0 Å². The summed E-state index contributed by atoms with van der Waals surface area (Å²) in [6.45, 7) is 2.80. The average Bonchev–Trinajstić information content (AvgIpc) is 2.72. The summed E-state index contributed by atoms with van der Waals surface area (Å²) in [5.74, 6) is 0. The molecule has 4 rings (SSSR count). The van der Waals surface area contributed by atoms with E-state index >= 15 is 0 Å². The highest BCUT2D eigenvalue weighted by Crippen LogP contribution is 2.31. The number of nitrogens with one attached hydrogen (secondary N) is 1. The van der Waals surface area contributed by atoms with E-state index in [1.54, 1.807) is 23.9 Å². The summed E-state index contributed by atoms with van der Waals surface area (Å²) in [4.78, 5) is 27.3. The minimum atomic E-state index is -0.114. The molecule has 1 aromatic heterocycles. The molecule has 2 heterocycles. The maximum absolute atomic E-state index is 13.0. The number of nitrogens with zero attached hydrogens (tertiary/aromatic N) is 2. The van der Waals surface area contributed by atoms with Gasteiger partial charge in [-0.15, -0.1) is 0 Å². The first-order valence-electron chi connectivity index (χ1n) is 9.76. The standard InChI is InChI=1S/C23H25N3O2/c1-16-6-8-18(9-7-16)21-5-3-4-13-26(21)23(28)24-19-11-10-17-12-14-25(2)22(27)20(17)15-19/h6-12,14-15,21H,3-5,13H2,1-2H3,(H,24,28). The number of amides is 2. The Morgan fingerprint density at radius 1 is 1.07 bits per heavy atom. The number of aromatic nitrogens is 1. The van der Waals surface area contributed by atoms with Gasteiger partial charge in [0.1, 0.15) is 0 Å². The van der Waals surface area contributed by atoms with Gasteiger partial charge in [0.15, 0.2) is 0 Å². The molecule has 1 aliphatic rings. The Morgan fingerprint density at radius 3 is 2.64 bits per heavy atom. The van der Waals surface area contributed by atoms with Crippen molar-refractivity contribution in [1.82, 2.24) is 9.47 Å². The molecule has 5 heteroatoms. The minimum Gasteiger partial charge on any atom is -0.318 e. The van der Waals surface area contributed by atoms with Crippen LogP contribution in [0.3, 0.4) is 0 Å². The highest BCUT2D eigenvalue weighted by atomic mass is 16.2. The number of piperidine rings is 1. The van der Waals surface area contributed by atoms with Crippen molar-refractivity contribution in [2.75, 3.05) is 11.9 Å². The number of hydrogen-bond acceptors (Lipinski definition) is 2. The summed E-state index contributed by atoms with van der Waals surface area (Å²) in [6.07, 6.45) is 4.85. The van der Waals surface area contributed by atoms with Crippen LogP contribution < -0.4 is 10.9 Å². The predicted molar refractivity (Wildman–Crippen MR) is 113 cm³/mol. The van der Waals surface area contributed by atoms with Gasteiger partial charge in [-0.2, -0.15) is 0 Å². The van der Waals surface area contributed by atoms with Gasteiger partial charge in [0.05, 0.1) is 6.04 Å². The van der Waals surface area contributed by atoms with Crippen molar-refractivity contribution in [3.8, 4) is 0 Å². The predicted octanol–water partition coefficient (Wildman–Crippen LogP) is 4.61. The Kier molecular flexibility index (Phi) is 4.90. The Labute approximate surface area is 164 Å². The van der Waals surface area contributed by atoms with E-state index in [9.17, 15) is 9.59 Å². The smallest absolute Gasteiger partial charge is 0.318 e. The number of hydrogen-bond donors (Lipinski definition) is 1. The first-order chi connectivity index (χ1) is 13.5. The lowest BCUT2D eigenvalue weighted by atomic mass is 9.95. The van der Waals surface area contributed by atoms with Gasteiger partial charge in [0.25, 0.3) is 5.56 Å². The van der Waals surface area contributed by atoms with Crippen molar-refractivity contribution >= 4 is 22.5 Å². The molecular formula is C23H25N3O2. The molecule has 0 aliphatic carbocycles. The number of rotatable bonds is 2. The van der Waals surface area contributed by atoms with Crippen molar-refractivity contribution in [1.29, 1.82) is 0 Å². The molecule has 2 amide bonds. The molecule has 0 bridgehead atoms. The second-order valence-corrected chi connectivity index (χ2v) is 7.58. The Balaban J connectivity index is 1.59. The summed E-state index contributed by atoms with van der Waals surface area (Å²) in [7, 11) is 1.73. The topological polar surface area (TPSA) is 54.3 Å². The molecule has 5 nitrogen and oxygen atoms in total. The molecule has 0 saturated carbocycles. The highest BCUT2D eigenvalue weighted by molar-refractivity contribution is 5.93. The quantitative estimate of drug-likeness (QED) is 0.711. The van der Waals surface area contributed by atoms with Crippen molar-refractivity contribution in [3.05, 3.63) is 76.2 Å². The molecule has 1 N–H and O–H groups in total. The molecule has 2 aromatic carbocycles. The first kappa shape index (κ1) is 18.3. The normalized spacial score (nSPS) is 16.9. The molecule has 3 aromatic rings. The summed E-state index contributed by atoms with van der Waals surface area (Å²) >= 11 is 0. The number of anilines is 1. The van der Waals surface area contributed by atoms with Gasteiger partial charge < -0.3 is 14.8 Å². The third kappa shape index (κ3) is 3.52. The zero-order valence-corrected chi connectivity index (χ0v) is 16.3. The summed E-state index contributed by atoms with van der Waals surface area (Å²) in [6, 6.07) is 15.8. The SMILES string of the molecule is Cc1ccc(C2CCCCN2C(=O)Nc2ccc3ccn(C)c(=O)c3c2)cc1. The maximum Gasteiger partial charge on any atom is 0.322 e. The number of fused-ring (bicyclic) bond motifs is 1. The Bertz CT molecular complexity index is 1070. The number of carbonyl (C=O) groups is 1. The lowest BCUT2D eigenvalue weighted by molar-refractivity contribution is 0.163. The Morgan fingerprint density at radius 2 is 1.86 bits per heavy atom. The van der Waals surface area contributed by atoms with E-state index in [-0.39, 0.29) is 17.6 Å². The van der Waals surface area contributed by atoms with Crippen LogP contribution in [0.1, 0.15) is 36.4 Å². The number of aryl methyl sites for hydroxylation is 2. The van der Waals surface area contributed by atoms with Gasteiger partial charge in [-0.05, 0) is 55.3 Å². The fourth-order valence-electron chi connectivity index (χ4n) is 3.92. The number of benzene rings is 2. The van der Waals surface area contributed by atoms with E-state index in [1.807, 2.05) is 23.1 Å². The molecule has 28 heavy (non-hydrogen) atoms. The highest BCUT2D eigenvalue weighted by Gasteiger charge is 2.28. The van der Waals surface area contributed by atoms with E-state index in [4.69, 9.17) is 0 Å². The van der Waals surface area contributed by atoms with Crippen molar-refractivity contribution < 1.29 is 4.79 Å². The summed E-state index contributed by atoms with van der Waals surface area (Å²) in [5, 5.41) is 4.48. The van der Waals surface area contributed by atoms with Crippen molar-refractivity contribution in [3.63, 3.8) is 0 Å². The van der Waals surface area contributed by atoms with Crippen molar-refractivity contribution in [2.45, 2.75) is 32.2 Å². The van der Waals surface area contributed by atoms with Gasteiger partial charge in [0.2, 0.25) is 0 Å². The van der Waals surface area contributed by atoms with E-state index in [1.165, 1.54) is 11.1 Å². The molecule has 144 valence electrons. The van der Waals surface area contributed by atoms with Crippen LogP contribution in [0.4, 0.5) is 10.5 Å². The van der Waals surface area contributed by atoms with Crippen molar-refractivity contribution in [2.24, 2.45) is 7.05 Å². The summed E-state index contributed by atoms with van der Waals surface area (Å²) < 4.78 is 1.55. The van der Waals surface area contributed by atoms with Crippen LogP contribution in [0.5, 0.6) is 0 Å². The zero-order valence-electron chi connectivity index (χ0n) is 16.3. The lowest BCUT2D eigenvalue weighted by Crippen LogP contribution is -2.41. The fraction of sp³-hybridized carbons (Fsp3) is 0.304. The monoisotopic (exact) mass is 375 g/mol. The second kappa shape index (κ2) is 7.50. The third-order valence-corrected chi connectivity index (χ3v) is 5.56. The molecule has 1 atom stereocenters. The first-order valence-corrected chi connectivity index (χ1v) is 9.76. The number of likely N-dealkylation sites (tertiary alicyclic amines) is 1. The minimum absolute atomic E-state index is 0.0656. The van der Waals surface area contributed by atoms with Gasteiger partial charge in [-0.3, -0.25) is 4.79 Å². The van der Waals surface area contributed by atoms with Crippen LogP contribution in [0.2, 0.25) is 0 Å². The van der Waals surface area contributed by atoms with E-state index in [0.29, 0.717) is 11.1 Å². The maximum atomic E-state index is 13.0. The molecule has 0 radical (unpaired) electrons. The molecular weight excluding hydrogens is 350 g/mol. The van der Waals surface area contributed by atoms with Gasteiger partial charge in [-0.25, -0.2) is 4.79 Å². The Hall–Kier alpha value is -3.08. The van der Waals surface area contributed by atoms with E-state index < -0.39 is 0 Å². The van der Waals surface area contributed by atoms with Crippen LogP contribution in [0.25, 0.3) is 10.8 Å². The van der Waals surface area contributed by atoms with E-state index in [2.05, 4.69) is 36.5 Å². The lowest BCUT2D eigenvalue weighted by Gasteiger charge is -2.36. The molecule has 1 aliphatic heterocycles. The van der Waals surface area contributed by atoms with Crippen LogP contribution in [0.15, 0.2) is 59.5 Å². The molecule has 1 saturated heterocycles. The second-order valence-electron chi connectivity index (χ2n) is 7.58. The third-order valence-electron chi connectivity index (χ3n) is 5.56.